The van der Waals surface area contributed by atoms with Crippen LogP contribution in [-0.2, 0) is 9.53 Å². The monoisotopic (exact) mass is 307 g/mol. The van der Waals surface area contributed by atoms with Crippen molar-refractivity contribution in [1.82, 2.24) is 5.32 Å². The number of ether oxygens (including phenoxy) is 1. The van der Waals surface area contributed by atoms with E-state index in [0.717, 1.165) is 5.56 Å². The highest BCUT2D eigenvalue weighted by Crippen LogP contribution is 2.24. The number of furan rings is 1. The topological polar surface area (TPSA) is 68.5 Å². The normalized spacial score (nSPS) is 10.2. The Morgan fingerprint density at radius 3 is 2.81 bits per heavy atom. The smallest absolute Gasteiger partial charge is 0.325 e. The predicted octanol–water partition coefficient (Wildman–Crippen LogP) is 2.89. The first-order chi connectivity index (χ1) is 10.1. The third-order valence-electron chi connectivity index (χ3n) is 2.64. The fourth-order valence-corrected chi connectivity index (χ4v) is 1.90. The molecule has 21 heavy (non-hydrogen) atoms. The van der Waals surface area contributed by atoms with Gasteiger partial charge in [-0.1, -0.05) is 23.7 Å². The van der Waals surface area contributed by atoms with Gasteiger partial charge in [-0.25, -0.2) is 0 Å². The average molecular weight is 308 g/mol. The van der Waals surface area contributed by atoms with Crippen LogP contribution in [0, 0.1) is 0 Å². The van der Waals surface area contributed by atoms with Crippen LogP contribution in [0.3, 0.4) is 0 Å². The molecule has 2 aromatic rings. The predicted molar refractivity (Wildman–Crippen MR) is 78.1 cm³/mol. The molecule has 0 aliphatic heterocycles. The van der Waals surface area contributed by atoms with Crippen molar-refractivity contribution in [3.63, 3.8) is 0 Å². The zero-order chi connectivity index (χ0) is 15.2. The molecular formula is C15H14ClNO4. The summed E-state index contributed by atoms with van der Waals surface area (Å²) >= 11 is 5.91. The fourth-order valence-electron chi connectivity index (χ4n) is 1.71. The van der Waals surface area contributed by atoms with Gasteiger partial charge in [0.05, 0.1) is 6.61 Å². The number of nitrogens with one attached hydrogen (secondary N) is 1. The van der Waals surface area contributed by atoms with E-state index in [-0.39, 0.29) is 18.9 Å². The van der Waals surface area contributed by atoms with Gasteiger partial charge in [-0.3, -0.25) is 9.59 Å². The Hall–Kier alpha value is -2.27. The van der Waals surface area contributed by atoms with E-state index in [2.05, 4.69) is 5.32 Å². The Morgan fingerprint density at radius 1 is 1.29 bits per heavy atom. The van der Waals surface area contributed by atoms with E-state index < -0.39 is 11.9 Å². The number of benzene rings is 1. The second-order valence-corrected chi connectivity index (χ2v) is 4.60. The molecule has 0 unspecified atom stereocenters. The molecule has 1 aromatic carbocycles. The van der Waals surface area contributed by atoms with Crippen molar-refractivity contribution in [3.8, 4) is 11.3 Å². The summed E-state index contributed by atoms with van der Waals surface area (Å²) in [5.74, 6) is -0.322. The Labute approximate surface area is 126 Å². The van der Waals surface area contributed by atoms with Crippen LogP contribution in [0.5, 0.6) is 0 Å². The summed E-state index contributed by atoms with van der Waals surface area (Å²) < 4.78 is 10.2. The number of carbonyl (C=O) groups excluding carboxylic acids is 2. The number of hydrogen-bond acceptors (Lipinski definition) is 4. The molecule has 0 spiro atoms. The maximum Gasteiger partial charge on any atom is 0.325 e. The van der Waals surface area contributed by atoms with Crippen LogP contribution < -0.4 is 5.32 Å². The van der Waals surface area contributed by atoms with Crippen molar-refractivity contribution in [2.45, 2.75) is 6.92 Å². The standard InChI is InChI=1S/C15H14ClNO4/c1-2-20-14(18)9-17-15(19)13-7-6-12(21-13)10-4-3-5-11(16)8-10/h3-8H,2,9H2,1H3,(H,17,19). The lowest BCUT2D eigenvalue weighted by Crippen LogP contribution is -2.30. The maximum absolute atomic E-state index is 11.8. The lowest BCUT2D eigenvalue weighted by atomic mass is 10.2. The quantitative estimate of drug-likeness (QED) is 0.862. The molecule has 0 saturated heterocycles. The van der Waals surface area contributed by atoms with Gasteiger partial charge in [0, 0.05) is 10.6 Å². The summed E-state index contributed by atoms with van der Waals surface area (Å²) in [6.07, 6.45) is 0. The first kappa shape index (κ1) is 15.1. The zero-order valence-corrected chi connectivity index (χ0v) is 12.1. The molecule has 1 N–H and O–H groups in total. The van der Waals surface area contributed by atoms with Crippen LogP contribution in [0.15, 0.2) is 40.8 Å². The third kappa shape index (κ3) is 4.10. The third-order valence-corrected chi connectivity index (χ3v) is 2.87. The van der Waals surface area contributed by atoms with E-state index in [1.807, 2.05) is 6.07 Å². The van der Waals surface area contributed by atoms with Crippen molar-refractivity contribution < 1.29 is 18.7 Å². The maximum atomic E-state index is 11.8. The van der Waals surface area contributed by atoms with Crippen LogP contribution in [0.1, 0.15) is 17.5 Å². The van der Waals surface area contributed by atoms with E-state index in [0.29, 0.717) is 10.8 Å². The number of carbonyl (C=O) groups is 2. The number of esters is 1. The molecule has 6 heteroatoms. The summed E-state index contributed by atoms with van der Waals surface area (Å²) in [5.41, 5.74) is 0.770. The molecule has 110 valence electrons. The fraction of sp³-hybridized carbons (Fsp3) is 0.200. The molecule has 1 aromatic heterocycles. The Bertz CT molecular complexity index is 651. The van der Waals surface area contributed by atoms with Gasteiger partial charge in [0.2, 0.25) is 0 Å². The highest BCUT2D eigenvalue weighted by atomic mass is 35.5. The molecule has 0 saturated carbocycles. The number of amides is 1. The largest absolute Gasteiger partial charge is 0.465 e. The summed E-state index contributed by atoms with van der Waals surface area (Å²) in [5, 5.41) is 3.01. The lowest BCUT2D eigenvalue weighted by Gasteiger charge is -2.03. The molecule has 0 bridgehead atoms. The van der Waals surface area contributed by atoms with Crippen LogP contribution in [0.4, 0.5) is 0 Å². The van der Waals surface area contributed by atoms with Gasteiger partial charge in [-0.05, 0) is 31.2 Å². The molecule has 1 amide bonds. The van der Waals surface area contributed by atoms with E-state index in [1.165, 1.54) is 6.07 Å². The Morgan fingerprint density at radius 2 is 2.10 bits per heavy atom. The minimum Gasteiger partial charge on any atom is -0.465 e. The zero-order valence-electron chi connectivity index (χ0n) is 11.4. The number of hydrogen-bond donors (Lipinski definition) is 1. The number of rotatable bonds is 5. The van der Waals surface area contributed by atoms with Crippen LogP contribution >= 0.6 is 11.6 Å². The van der Waals surface area contributed by atoms with Gasteiger partial charge in [0.15, 0.2) is 5.76 Å². The second-order valence-electron chi connectivity index (χ2n) is 4.16. The molecule has 0 aliphatic carbocycles. The lowest BCUT2D eigenvalue weighted by molar-refractivity contribution is -0.141. The van der Waals surface area contributed by atoms with Crippen molar-refractivity contribution in [3.05, 3.63) is 47.2 Å². The highest BCUT2D eigenvalue weighted by molar-refractivity contribution is 6.30. The van der Waals surface area contributed by atoms with Crippen LogP contribution in [0.2, 0.25) is 5.02 Å². The Kier molecular flexibility index (Phi) is 5.00. The first-order valence-electron chi connectivity index (χ1n) is 6.39. The van der Waals surface area contributed by atoms with Gasteiger partial charge >= 0.3 is 5.97 Å². The second kappa shape index (κ2) is 6.95. The van der Waals surface area contributed by atoms with Gasteiger partial charge in [0.25, 0.3) is 5.91 Å². The Balaban J connectivity index is 2.02. The van der Waals surface area contributed by atoms with Crippen LogP contribution in [-0.4, -0.2) is 25.0 Å². The molecule has 2 rings (SSSR count). The molecule has 0 fully saturated rings. The van der Waals surface area contributed by atoms with Gasteiger partial charge in [0.1, 0.15) is 12.3 Å². The number of halogens is 1. The minimum atomic E-state index is -0.493. The van der Waals surface area contributed by atoms with Crippen molar-refractivity contribution >= 4 is 23.5 Å². The summed E-state index contributed by atoms with van der Waals surface area (Å²) in [6, 6.07) is 10.3. The highest BCUT2D eigenvalue weighted by Gasteiger charge is 2.13. The van der Waals surface area contributed by atoms with E-state index >= 15 is 0 Å². The van der Waals surface area contributed by atoms with Crippen molar-refractivity contribution in [2.24, 2.45) is 0 Å². The van der Waals surface area contributed by atoms with Crippen LogP contribution in [0.25, 0.3) is 11.3 Å². The van der Waals surface area contributed by atoms with E-state index in [4.69, 9.17) is 20.8 Å². The van der Waals surface area contributed by atoms with Gasteiger partial charge in [-0.15, -0.1) is 0 Å². The van der Waals surface area contributed by atoms with Crippen molar-refractivity contribution in [2.75, 3.05) is 13.2 Å². The van der Waals surface area contributed by atoms with Gasteiger partial charge in [-0.2, -0.15) is 0 Å². The van der Waals surface area contributed by atoms with E-state index in [1.54, 1.807) is 31.2 Å². The van der Waals surface area contributed by atoms with Crippen molar-refractivity contribution in [1.29, 1.82) is 0 Å². The molecule has 0 radical (unpaired) electrons. The van der Waals surface area contributed by atoms with Gasteiger partial charge < -0.3 is 14.5 Å². The SMILES string of the molecule is CCOC(=O)CNC(=O)c1ccc(-c2cccc(Cl)c2)o1. The summed E-state index contributed by atoms with van der Waals surface area (Å²) in [4.78, 5) is 23.0. The molecule has 0 aliphatic rings. The molecule has 0 atom stereocenters. The molecular weight excluding hydrogens is 294 g/mol. The minimum absolute atomic E-state index is 0.120. The molecule has 5 nitrogen and oxygen atoms in total. The molecule has 1 heterocycles. The first-order valence-corrected chi connectivity index (χ1v) is 6.77. The average Bonchev–Trinajstić information content (AvgIpc) is 2.95. The van der Waals surface area contributed by atoms with E-state index in [9.17, 15) is 9.59 Å². The summed E-state index contributed by atoms with van der Waals surface area (Å²) in [6.45, 7) is 1.78. The summed E-state index contributed by atoms with van der Waals surface area (Å²) in [7, 11) is 0.